The first-order chi connectivity index (χ1) is 9.25. The molecule has 2 aliphatic heterocycles. The Labute approximate surface area is 115 Å². The van der Waals surface area contributed by atoms with Crippen LogP contribution in [-0.2, 0) is 6.54 Å². The Balaban J connectivity index is 1.84. The third-order valence-electron chi connectivity index (χ3n) is 4.71. The van der Waals surface area contributed by atoms with E-state index in [0.717, 1.165) is 39.0 Å². The molecule has 0 aliphatic carbocycles. The summed E-state index contributed by atoms with van der Waals surface area (Å²) in [6, 6.07) is 9.21. The number of rotatable bonds is 1. The van der Waals surface area contributed by atoms with E-state index in [2.05, 4.69) is 41.4 Å². The number of β-amino-alcohol motifs (C(OH)–C–C–N with tert-alkyl or cyclic N) is 1. The van der Waals surface area contributed by atoms with E-state index in [-0.39, 0.29) is 6.10 Å². The predicted molar refractivity (Wildman–Crippen MR) is 76.9 cm³/mol. The molecule has 0 radical (unpaired) electrons. The van der Waals surface area contributed by atoms with Gasteiger partial charge in [-0.2, -0.15) is 0 Å². The van der Waals surface area contributed by atoms with E-state index in [1.165, 1.54) is 11.1 Å². The van der Waals surface area contributed by atoms with Crippen LogP contribution >= 0.6 is 0 Å². The highest BCUT2D eigenvalue weighted by Crippen LogP contribution is 2.32. The van der Waals surface area contributed by atoms with Crippen molar-refractivity contribution in [3.8, 4) is 0 Å². The molecule has 3 rings (SSSR count). The van der Waals surface area contributed by atoms with E-state index < -0.39 is 0 Å². The van der Waals surface area contributed by atoms with Crippen LogP contribution in [0.5, 0.6) is 0 Å². The summed E-state index contributed by atoms with van der Waals surface area (Å²) in [5.41, 5.74) is 2.87. The molecule has 3 nitrogen and oxygen atoms in total. The lowest BCUT2D eigenvalue weighted by molar-refractivity contribution is 0.00819. The average molecular weight is 260 g/mol. The van der Waals surface area contributed by atoms with Crippen molar-refractivity contribution in [3.05, 3.63) is 35.4 Å². The molecule has 2 N–H and O–H groups in total. The topological polar surface area (TPSA) is 35.5 Å². The molecule has 3 atom stereocenters. The third kappa shape index (κ3) is 2.69. The Hall–Kier alpha value is -0.900. The maximum Gasteiger partial charge on any atom is 0.0693 e. The quantitative estimate of drug-likeness (QED) is 0.810. The first kappa shape index (κ1) is 13.1. The minimum Gasteiger partial charge on any atom is -0.392 e. The summed E-state index contributed by atoms with van der Waals surface area (Å²) in [4.78, 5) is 2.48. The first-order valence-electron chi connectivity index (χ1n) is 7.46. The minimum atomic E-state index is -0.169. The van der Waals surface area contributed by atoms with Gasteiger partial charge in [0.25, 0.3) is 0 Å². The summed E-state index contributed by atoms with van der Waals surface area (Å²) in [5.74, 6) is 0.440. The molecule has 1 fully saturated rings. The van der Waals surface area contributed by atoms with Crippen molar-refractivity contribution in [3.63, 3.8) is 0 Å². The fourth-order valence-electron chi connectivity index (χ4n) is 3.37. The largest absolute Gasteiger partial charge is 0.392 e. The van der Waals surface area contributed by atoms with Gasteiger partial charge in [0.2, 0.25) is 0 Å². The van der Waals surface area contributed by atoms with Gasteiger partial charge in [0.05, 0.1) is 6.10 Å². The van der Waals surface area contributed by atoms with Gasteiger partial charge >= 0.3 is 0 Å². The van der Waals surface area contributed by atoms with E-state index in [4.69, 9.17) is 0 Å². The lowest BCUT2D eigenvalue weighted by Gasteiger charge is -2.39. The number of hydrogen-bond acceptors (Lipinski definition) is 3. The van der Waals surface area contributed by atoms with Crippen LogP contribution in [0.4, 0.5) is 0 Å². The van der Waals surface area contributed by atoms with Crippen LogP contribution in [-0.4, -0.2) is 35.7 Å². The van der Waals surface area contributed by atoms with E-state index in [0.29, 0.717) is 12.0 Å². The molecule has 19 heavy (non-hydrogen) atoms. The zero-order valence-electron chi connectivity index (χ0n) is 11.7. The normalized spacial score (nSPS) is 32.6. The fraction of sp³-hybridized carbons (Fsp3) is 0.625. The highest BCUT2D eigenvalue weighted by Gasteiger charge is 2.31. The maximum absolute atomic E-state index is 10.1. The number of piperidine rings is 1. The Bertz CT molecular complexity index is 435. The molecule has 3 heteroatoms. The van der Waals surface area contributed by atoms with Gasteiger partial charge in [-0.05, 0) is 43.0 Å². The van der Waals surface area contributed by atoms with Crippen molar-refractivity contribution >= 4 is 0 Å². The van der Waals surface area contributed by atoms with Gasteiger partial charge in [0.1, 0.15) is 0 Å². The van der Waals surface area contributed by atoms with Crippen molar-refractivity contribution < 1.29 is 5.11 Å². The van der Waals surface area contributed by atoms with E-state index in [1.54, 1.807) is 0 Å². The SMILES string of the molecule is CC1CCN(C2CCNCc3ccccc32)CC1O. The summed E-state index contributed by atoms with van der Waals surface area (Å²) in [6.07, 6.45) is 2.07. The van der Waals surface area contributed by atoms with Gasteiger partial charge in [-0.25, -0.2) is 0 Å². The number of aliphatic hydroxyl groups excluding tert-OH is 1. The summed E-state index contributed by atoms with van der Waals surface area (Å²) < 4.78 is 0. The summed E-state index contributed by atoms with van der Waals surface area (Å²) in [5, 5.41) is 13.6. The van der Waals surface area contributed by atoms with Crippen molar-refractivity contribution in [1.29, 1.82) is 0 Å². The molecule has 104 valence electrons. The molecule has 1 aromatic carbocycles. The van der Waals surface area contributed by atoms with Crippen LogP contribution in [0.1, 0.15) is 36.9 Å². The number of benzene rings is 1. The van der Waals surface area contributed by atoms with E-state index in [9.17, 15) is 5.11 Å². The second kappa shape index (κ2) is 5.61. The molecule has 0 spiro atoms. The van der Waals surface area contributed by atoms with Crippen LogP contribution in [0.2, 0.25) is 0 Å². The number of nitrogens with one attached hydrogen (secondary N) is 1. The van der Waals surface area contributed by atoms with Crippen molar-refractivity contribution in [2.24, 2.45) is 5.92 Å². The average Bonchev–Trinajstić information content (AvgIpc) is 2.64. The van der Waals surface area contributed by atoms with Gasteiger partial charge < -0.3 is 10.4 Å². The zero-order chi connectivity index (χ0) is 13.2. The molecule has 2 aliphatic rings. The summed E-state index contributed by atoms with van der Waals surface area (Å²) in [7, 11) is 0. The van der Waals surface area contributed by atoms with E-state index >= 15 is 0 Å². The molecule has 1 aromatic rings. The smallest absolute Gasteiger partial charge is 0.0693 e. The van der Waals surface area contributed by atoms with Crippen LogP contribution in [0.25, 0.3) is 0 Å². The molecule has 1 saturated heterocycles. The van der Waals surface area contributed by atoms with Crippen LogP contribution in [0, 0.1) is 5.92 Å². The number of hydrogen-bond donors (Lipinski definition) is 2. The molecule has 0 saturated carbocycles. The third-order valence-corrected chi connectivity index (χ3v) is 4.71. The predicted octanol–water partition coefficient (Wildman–Crippen LogP) is 1.92. The fourth-order valence-corrected chi connectivity index (χ4v) is 3.37. The molecular formula is C16H24N2O. The zero-order valence-corrected chi connectivity index (χ0v) is 11.7. The van der Waals surface area contributed by atoms with Crippen molar-refractivity contribution in [2.45, 2.75) is 38.5 Å². The number of fused-ring (bicyclic) bond motifs is 1. The summed E-state index contributed by atoms with van der Waals surface area (Å²) >= 11 is 0. The second-order valence-corrected chi connectivity index (χ2v) is 6.01. The van der Waals surface area contributed by atoms with Gasteiger partial charge in [0, 0.05) is 19.1 Å². The molecular weight excluding hydrogens is 236 g/mol. The van der Waals surface area contributed by atoms with Gasteiger partial charge in [-0.1, -0.05) is 31.2 Å². The highest BCUT2D eigenvalue weighted by molar-refractivity contribution is 5.31. The molecule has 3 unspecified atom stereocenters. The first-order valence-corrected chi connectivity index (χ1v) is 7.46. The lowest BCUT2D eigenvalue weighted by atomic mass is 9.91. The Kier molecular flexibility index (Phi) is 3.87. The molecule has 0 amide bonds. The molecule has 0 bridgehead atoms. The lowest BCUT2D eigenvalue weighted by Crippen LogP contribution is -2.44. The second-order valence-electron chi connectivity index (χ2n) is 6.01. The minimum absolute atomic E-state index is 0.169. The van der Waals surface area contributed by atoms with E-state index in [1.807, 2.05) is 0 Å². The van der Waals surface area contributed by atoms with Crippen LogP contribution < -0.4 is 5.32 Å². The summed E-state index contributed by atoms with van der Waals surface area (Å²) in [6.45, 7) is 6.11. The molecule has 0 aromatic heterocycles. The molecule has 2 heterocycles. The van der Waals surface area contributed by atoms with Crippen LogP contribution in [0.3, 0.4) is 0 Å². The maximum atomic E-state index is 10.1. The van der Waals surface area contributed by atoms with Gasteiger partial charge in [-0.3, -0.25) is 4.90 Å². The highest BCUT2D eigenvalue weighted by atomic mass is 16.3. The Morgan fingerprint density at radius 1 is 1.26 bits per heavy atom. The van der Waals surface area contributed by atoms with Gasteiger partial charge in [-0.15, -0.1) is 0 Å². The number of aliphatic hydroxyl groups is 1. The Morgan fingerprint density at radius 2 is 2.11 bits per heavy atom. The van der Waals surface area contributed by atoms with Gasteiger partial charge in [0.15, 0.2) is 0 Å². The van der Waals surface area contributed by atoms with Crippen molar-refractivity contribution in [2.75, 3.05) is 19.6 Å². The van der Waals surface area contributed by atoms with Crippen molar-refractivity contribution in [1.82, 2.24) is 10.2 Å². The number of likely N-dealkylation sites (tertiary alicyclic amines) is 1. The van der Waals surface area contributed by atoms with Crippen LogP contribution in [0.15, 0.2) is 24.3 Å². The Morgan fingerprint density at radius 3 is 2.95 bits per heavy atom. The number of nitrogens with zero attached hydrogens (tertiary/aromatic N) is 1. The standard InChI is InChI=1S/C16H24N2O/c1-12-7-9-18(11-16(12)19)15-6-8-17-10-13-4-2-3-5-14(13)15/h2-5,12,15-17,19H,6-11H2,1H3. The monoisotopic (exact) mass is 260 g/mol.